The van der Waals surface area contributed by atoms with Gasteiger partial charge in [0.15, 0.2) is 0 Å². The van der Waals surface area contributed by atoms with Crippen LogP contribution in [0.15, 0.2) is 18.2 Å². The molecule has 0 radical (unpaired) electrons. The summed E-state index contributed by atoms with van der Waals surface area (Å²) < 4.78 is 4.91. The summed E-state index contributed by atoms with van der Waals surface area (Å²) in [7, 11) is 1.52. The molecule has 0 aliphatic carbocycles. The number of ether oxygens (including phenoxy) is 1. The van der Waals surface area contributed by atoms with E-state index < -0.39 is 12.0 Å². The van der Waals surface area contributed by atoms with Crippen LogP contribution in [0.5, 0.6) is 0 Å². The maximum absolute atomic E-state index is 12.1. The molecule has 7 heteroatoms. The highest BCUT2D eigenvalue weighted by atomic mass is 16.5. The molecular formula is C14H20N2O5. The summed E-state index contributed by atoms with van der Waals surface area (Å²) in [6.45, 7) is 2.47. The molecule has 7 nitrogen and oxygen atoms in total. The standard InChI is InChI=1S/C14H20N2O5/c1-10-3-4-11(13(18)19)9-12(10)15-14(20)16(5-7-17)6-8-21-2/h3-4,9,17H,5-8H2,1-2H3,(H,15,20)(H,18,19). The maximum atomic E-state index is 12.1. The van der Waals surface area contributed by atoms with Gasteiger partial charge in [-0.05, 0) is 24.6 Å². The van der Waals surface area contributed by atoms with Crippen molar-refractivity contribution in [1.29, 1.82) is 0 Å². The summed E-state index contributed by atoms with van der Waals surface area (Å²) in [5, 5.41) is 20.6. The van der Waals surface area contributed by atoms with E-state index in [9.17, 15) is 9.59 Å². The van der Waals surface area contributed by atoms with Crippen molar-refractivity contribution in [2.45, 2.75) is 6.92 Å². The van der Waals surface area contributed by atoms with Crippen LogP contribution in [-0.4, -0.2) is 60.5 Å². The smallest absolute Gasteiger partial charge is 0.335 e. The summed E-state index contributed by atoms with van der Waals surface area (Å²) in [6, 6.07) is 4.10. The van der Waals surface area contributed by atoms with E-state index in [4.69, 9.17) is 14.9 Å². The summed E-state index contributed by atoms with van der Waals surface area (Å²) in [6.07, 6.45) is 0. The second kappa shape index (κ2) is 8.23. The maximum Gasteiger partial charge on any atom is 0.335 e. The van der Waals surface area contributed by atoms with Crippen molar-refractivity contribution < 1.29 is 24.5 Å². The molecule has 0 aromatic heterocycles. The van der Waals surface area contributed by atoms with Crippen molar-refractivity contribution in [3.05, 3.63) is 29.3 Å². The number of hydrogen-bond acceptors (Lipinski definition) is 4. The quantitative estimate of drug-likeness (QED) is 0.701. The van der Waals surface area contributed by atoms with E-state index >= 15 is 0 Å². The SMILES string of the molecule is COCCN(CCO)C(=O)Nc1cc(C(=O)O)ccc1C. The van der Waals surface area contributed by atoms with Gasteiger partial charge in [0.25, 0.3) is 0 Å². The molecule has 0 saturated carbocycles. The summed E-state index contributed by atoms with van der Waals surface area (Å²) >= 11 is 0. The van der Waals surface area contributed by atoms with Gasteiger partial charge in [0.2, 0.25) is 0 Å². The molecule has 0 aliphatic heterocycles. The number of aliphatic hydroxyl groups is 1. The third-order valence-corrected chi connectivity index (χ3v) is 2.95. The number of nitrogens with zero attached hydrogens (tertiary/aromatic N) is 1. The number of aliphatic hydroxyl groups excluding tert-OH is 1. The average Bonchev–Trinajstić information content (AvgIpc) is 2.45. The zero-order valence-electron chi connectivity index (χ0n) is 12.1. The highest BCUT2D eigenvalue weighted by Gasteiger charge is 2.15. The largest absolute Gasteiger partial charge is 0.478 e. The van der Waals surface area contributed by atoms with Gasteiger partial charge in [-0.3, -0.25) is 0 Å². The fourth-order valence-corrected chi connectivity index (χ4v) is 1.72. The van der Waals surface area contributed by atoms with Gasteiger partial charge in [-0.15, -0.1) is 0 Å². The summed E-state index contributed by atoms with van der Waals surface area (Å²) in [4.78, 5) is 24.5. The van der Waals surface area contributed by atoms with Gasteiger partial charge in [-0.25, -0.2) is 9.59 Å². The Hall–Kier alpha value is -2.12. The second-order valence-electron chi connectivity index (χ2n) is 4.47. The number of rotatable bonds is 7. The van der Waals surface area contributed by atoms with Crippen LogP contribution in [0.4, 0.5) is 10.5 Å². The van der Waals surface area contributed by atoms with Crippen LogP contribution >= 0.6 is 0 Å². The Balaban J connectivity index is 2.84. The number of anilines is 1. The van der Waals surface area contributed by atoms with Crippen molar-refractivity contribution in [2.75, 3.05) is 38.7 Å². The highest BCUT2D eigenvalue weighted by molar-refractivity contribution is 5.94. The first-order chi connectivity index (χ1) is 9.99. The molecule has 0 bridgehead atoms. The monoisotopic (exact) mass is 296 g/mol. The van der Waals surface area contributed by atoms with Crippen molar-refractivity contribution in [2.24, 2.45) is 0 Å². The van der Waals surface area contributed by atoms with Gasteiger partial charge < -0.3 is 25.2 Å². The van der Waals surface area contributed by atoms with Crippen molar-refractivity contribution in [3.63, 3.8) is 0 Å². The molecule has 2 amide bonds. The van der Waals surface area contributed by atoms with Gasteiger partial charge in [0.05, 0.1) is 18.8 Å². The van der Waals surface area contributed by atoms with Crippen LogP contribution in [-0.2, 0) is 4.74 Å². The number of carbonyl (C=O) groups excluding carboxylic acids is 1. The molecule has 1 rings (SSSR count). The molecule has 0 heterocycles. The highest BCUT2D eigenvalue weighted by Crippen LogP contribution is 2.17. The van der Waals surface area contributed by atoms with Crippen LogP contribution in [0.3, 0.4) is 0 Å². The van der Waals surface area contributed by atoms with Gasteiger partial charge >= 0.3 is 12.0 Å². The number of aromatic carboxylic acids is 1. The van der Waals surface area contributed by atoms with E-state index in [1.54, 1.807) is 13.0 Å². The van der Waals surface area contributed by atoms with E-state index in [1.165, 1.54) is 24.1 Å². The molecule has 1 aromatic carbocycles. The van der Waals surface area contributed by atoms with Gasteiger partial charge in [-0.2, -0.15) is 0 Å². The van der Waals surface area contributed by atoms with E-state index in [-0.39, 0.29) is 18.7 Å². The minimum absolute atomic E-state index is 0.0986. The number of carbonyl (C=O) groups is 2. The van der Waals surface area contributed by atoms with Crippen molar-refractivity contribution >= 4 is 17.7 Å². The molecule has 0 unspecified atom stereocenters. The average molecular weight is 296 g/mol. The van der Waals surface area contributed by atoms with E-state index in [0.29, 0.717) is 18.8 Å². The first kappa shape index (κ1) is 16.9. The molecule has 1 aromatic rings. The number of aryl methyl sites for hydroxylation is 1. The number of benzene rings is 1. The minimum Gasteiger partial charge on any atom is -0.478 e. The lowest BCUT2D eigenvalue weighted by molar-refractivity contribution is 0.0697. The Bertz CT molecular complexity index is 504. The second-order valence-corrected chi connectivity index (χ2v) is 4.47. The minimum atomic E-state index is -1.06. The van der Waals surface area contributed by atoms with Crippen LogP contribution < -0.4 is 5.32 Å². The Labute approximate surface area is 123 Å². The van der Waals surface area contributed by atoms with Gasteiger partial charge in [0.1, 0.15) is 0 Å². The lowest BCUT2D eigenvalue weighted by Crippen LogP contribution is -2.39. The number of carboxylic acids is 1. The first-order valence-corrected chi connectivity index (χ1v) is 6.49. The Kier molecular flexibility index (Phi) is 6.64. The fraction of sp³-hybridized carbons (Fsp3) is 0.429. The third-order valence-electron chi connectivity index (χ3n) is 2.95. The predicted octanol–water partition coefficient (Wildman–Crippen LogP) is 1.17. The summed E-state index contributed by atoms with van der Waals surface area (Å²) in [5.74, 6) is -1.06. The Morgan fingerprint density at radius 3 is 2.62 bits per heavy atom. The molecule has 0 atom stereocenters. The number of amides is 2. The van der Waals surface area contributed by atoms with Crippen molar-refractivity contribution in [3.8, 4) is 0 Å². The number of carboxylic acid groups (broad SMARTS) is 1. The first-order valence-electron chi connectivity index (χ1n) is 6.49. The number of hydrogen-bond donors (Lipinski definition) is 3. The Morgan fingerprint density at radius 1 is 1.33 bits per heavy atom. The lowest BCUT2D eigenvalue weighted by atomic mass is 10.1. The van der Waals surface area contributed by atoms with E-state index in [1.807, 2.05) is 0 Å². The summed E-state index contributed by atoms with van der Waals surface area (Å²) in [5.41, 5.74) is 1.28. The number of methoxy groups -OCH3 is 1. The molecule has 21 heavy (non-hydrogen) atoms. The fourth-order valence-electron chi connectivity index (χ4n) is 1.72. The van der Waals surface area contributed by atoms with Crippen LogP contribution in [0.25, 0.3) is 0 Å². The molecule has 0 aliphatic rings. The zero-order chi connectivity index (χ0) is 15.8. The topological polar surface area (TPSA) is 99.1 Å². The molecule has 116 valence electrons. The third kappa shape index (κ3) is 5.05. The van der Waals surface area contributed by atoms with Gasteiger partial charge in [0, 0.05) is 25.9 Å². The van der Waals surface area contributed by atoms with Crippen LogP contribution in [0.2, 0.25) is 0 Å². The van der Waals surface area contributed by atoms with E-state index in [2.05, 4.69) is 5.32 Å². The van der Waals surface area contributed by atoms with Crippen LogP contribution in [0.1, 0.15) is 15.9 Å². The van der Waals surface area contributed by atoms with Crippen molar-refractivity contribution in [1.82, 2.24) is 4.90 Å². The van der Waals surface area contributed by atoms with E-state index in [0.717, 1.165) is 5.56 Å². The normalized spacial score (nSPS) is 10.2. The molecule has 0 saturated heterocycles. The van der Waals surface area contributed by atoms with Crippen LogP contribution in [0, 0.1) is 6.92 Å². The number of urea groups is 1. The number of nitrogens with one attached hydrogen (secondary N) is 1. The molecule has 0 spiro atoms. The zero-order valence-corrected chi connectivity index (χ0v) is 12.1. The predicted molar refractivity (Wildman–Crippen MR) is 77.7 cm³/mol. The molecule has 0 fully saturated rings. The lowest BCUT2D eigenvalue weighted by Gasteiger charge is -2.22. The molecule has 3 N–H and O–H groups in total. The molecular weight excluding hydrogens is 276 g/mol. The Morgan fingerprint density at radius 2 is 2.05 bits per heavy atom. The van der Waals surface area contributed by atoms with Gasteiger partial charge in [-0.1, -0.05) is 6.07 Å².